The maximum absolute atomic E-state index is 12.7. The topological polar surface area (TPSA) is 50.8 Å². The van der Waals surface area contributed by atoms with Crippen molar-refractivity contribution >= 4 is 6.03 Å². The van der Waals surface area contributed by atoms with Gasteiger partial charge in [-0.25, -0.2) is 9.18 Å². The minimum Gasteiger partial charge on any atom is -0.491 e. The SMILES string of the molecule is C=C(F)/C=C(/OCCOCCNC(=O)N(C)C)C(=C)C.CC. The predicted octanol–water partition coefficient (Wildman–Crippen LogP) is 3.26. The van der Waals surface area contributed by atoms with Crippen LogP contribution in [0.15, 0.2) is 36.4 Å². The van der Waals surface area contributed by atoms with Gasteiger partial charge in [0.15, 0.2) is 0 Å². The summed E-state index contributed by atoms with van der Waals surface area (Å²) in [5, 5.41) is 2.66. The molecule has 0 aliphatic carbocycles. The molecule has 0 aliphatic rings. The fourth-order valence-electron chi connectivity index (χ4n) is 1.13. The molecule has 5 nitrogen and oxygen atoms in total. The normalized spacial score (nSPS) is 10.2. The van der Waals surface area contributed by atoms with Crippen LogP contribution in [0.25, 0.3) is 0 Å². The molecular weight excluding hydrogens is 287 g/mol. The molecule has 0 aromatic rings. The van der Waals surface area contributed by atoms with Gasteiger partial charge in [-0.05, 0) is 12.5 Å². The third-order valence-corrected chi connectivity index (χ3v) is 2.12. The van der Waals surface area contributed by atoms with Crippen molar-refractivity contribution in [1.29, 1.82) is 0 Å². The number of carbonyl (C=O) groups is 1. The Bertz CT molecular complexity index is 380. The highest BCUT2D eigenvalue weighted by atomic mass is 19.1. The zero-order valence-electron chi connectivity index (χ0n) is 14.4. The van der Waals surface area contributed by atoms with Crippen LogP contribution in [0.4, 0.5) is 9.18 Å². The maximum Gasteiger partial charge on any atom is 0.316 e. The van der Waals surface area contributed by atoms with E-state index in [0.717, 1.165) is 0 Å². The van der Waals surface area contributed by atoms with E-state index in [0.29, 0.717) is 31.1 Å². The number of allylic oxidation sites excluding steroid dienone is 3. The molecule has 0 radical (unpaired) electrons. The van der Waals surface area contributed by atoms with E-state index in [2.05, 4.69) is 18.5 Å². The molecule has 0 saturated carbocycles. The number of rotatable bonds is 9. The molecule has 0 aliphatic heterocycles. The second-order valence-electron chi connectivity index (χ2n) is 4.32. The van der Waals surface area contributed by atoms with E-state index in [9.17, 15) is 9.18 Å². The molecule has 0 rings (SSSR count). The number of hydrogen-bond donors (Lipinski definition) is 1. The number of ether oxygens (including phenoxy) is 2. The number of nitrogens with zero attached hydrogens (tertiary/aromatic N) is 1. The minimum atomic E-state index is -0.588. The average molecular weight is 316 g/mol. The minimum absolute atomic E-state index is 0.168. The van der Waals surface area contributed by atoms with Gasteiger partial charge in [-0.15, -0.1) is 0 Å². The van der Waals surface area contributed by atoms with Crippen LogP contribution in [0.1, 0.15) is 20.8 Å². The van der Waals surface area contributed by atoms with Gasteiger partial charge in [0.25, 0.3) is 0 Å². The van der Waals surface area contributed by atoms with Gasteiger partial charge >= 0.3 is 6.03 Å². The Labute approximate surface area is 133 Å². The van der Waals surface area contributed by atoms with Crippen LogP contribution < -0.4 is 5.32 Å². The van der Waals surface area contributed by atoms with Gasteiger partial charge in [0.05, 0.1) is 13.2 Å². The smallest absolute Gasteiger partial charge is 0.316 e. The summed E-state index contributed by atoms with van der Waals surface area (Å²) >= 11 is 0. The summed E-state index contributed by atoms with van der Waals surface area (Å²) in [5.74, 6) is -0.239. The molecule has 1 N–H and O–H groups in total. The van der Waals surface area contributed by atoms with Crippen LogP contribution >= 0.6 is 0 Å². The van der Waals surface area contributed by atoms with E-state index >= 15 is 0 Å². The molecule has 0 fully saturated rings. The van der Waals surface area contributed by atoms with E-state index < -0.39 is 5.83 Å². The van der Waals surface area contributed by atoms with Crippen molar-refractivity contribution in [3.05, 3.63) is 36.4 Å². The molecule has 22 heavy (non-hydrogen) atoms. The Morgan fingerprint density at radius 1 is 1.23 bits per heavy atom. The van der Waals surface area contributed by atoms with E-state index in [-0.39, 0.29) is 12.6 Å². The lowest BCUT2D eigenvalue weighted by molar-refractivity contribution is 0.0794. The fraction of sp³-hybridized carbons (Fsp3) is 0.562. The molecule has 0 aromatic heterocycles. The van der Waals surface area contributed by atoms with Crippen molar-refractivity contribution < 1.29 is 18.7 Å². The van der Waals surface area contributed by atoms with Crippen molar-refractivity contribution in [2.75, 3.05) is 40.5 Å². The number of hydrogen-bond acceptors (Lipinski definition) is 3. The highest BCUT2D eigenvalue weighted by molar-refractivity contribution is 5.73. The number of urea groups is 1. The number of carbonyl (C=O) groups excluding carboxylic acids is 1. The van der Waals surface area contributed by atoms with E-state index in [1.165, 1.54) is 11.0 Å². The summed E-state index contributed by atoms with van der Waals surface area (Å²) in [4.78, 5) is 12.6. The first-order chi connectivity index (χ1) is 10.3. The largest absolute Gasteiger partial charge is 0.491 e. The lowest BCUT2D eigenvalue weighted by Crippen LogP contribution is -2.36. The third-order valence-electron chi connectivity index (χ3n) is 2.12. The summed E-state index contributed by atoms with van der Waals surface area (Å²) in [5.41, 5.74) is 0.613. The molecular formula is C16H29FN2O3. The lowest BCUT2D eigenvalue weighted by atomic mass is 10.2. The molecule has 2 amide bonds. The number of halogens is 1. The fourth-order valence-corrected chi connectivity index (χ4v) is 1.13. The highest BCUT2D eigenvalue weighted by Crippen LogP contribution is 2.11. The summed E-state index contributed by atoms with van der Waals surface area (Å²) in [6, 6.07) is -0.168. The Hall–Kier alpha value is -1.82. The summed E-state index contributed by atoms with van der Waals surface area (Å²) in [6.45, 7) is 13.9. The first-order valence-electron chi connectivity index (χ1n) is 7.22. The van der Waals surface area contributed by atoms with Crippen LogP contribution in [0.5, 0.6) is 0 Å². The van der Waals surface area contributed by atoms with Crippen molar-refractivity contribution in [2.24, 2.45) is 0 Å². The van der Waals surface area contributed by atoms with Crippen molar-refractivity contribution in [3.8, 4) is 0 Å². The van der Waals surface area contributed by atoms with Gasteiger partial charge < -0.3 is 19.7 Å². The number of nitrogens with one attached hydrogen (secondary N) is 1. The summed E-state index contributed by atoms with van der Waals surface area (Å²) in [6.07, 6.45) is 1.18. The second-order valence-corrected chi connectivity index (χ2v) is 4.32. The van der Waals surface area contributed by atoms with Crippen LogP contribution in [0, 0.1) is 0 Å². The van der Waals surface area contributed by atoms with Crippen LogP contribution in [-0.4, -0.2) is 51.4 Å². The predicted molar refractivity (Wildman–Crippen MR) is 88.3 cm³/mol. The monoisotopic (exact) mass is 316 g/mol. The molecule has 0 bridgehead atoms. The van der Waals surface area contributed by atoms with Gasteiger partial charge in [-0.1, -0.05) is 27.0 Å². The van der Waals surface area contributed by atoms with E-state index in [1.807, 2.05) is 13.8 Å². The standard InChI is InChI=1S/C14H23FN2O3.C2H6/c1-11(2)13(10-12(3)15)20-9-8-19-7-6-16-14(18)17(4)5;1-2/h10H,1,3,6-9H2,2,4-5H3,(H,16,18);1-2H3/b13-10+;. The Balaban J connectivity index is 0. The van der Waals surface area contributed by atoms with Crippen LogP contribution in [-0.2, 0) is 9.47 Å². The van der Waals surface area contributed by atoms with E-state index in [4.69, 9.17) is 9.47 Å². The molecule has 0 atom stereocenters. The molecule has 0 unspecified atom stereocenters. The lowest BCUT2D eigenvalue weighted by Gasteiger charge is -2.12. The first kappa shape index (κ1) is 22.5. The second kappa shape index (κ2) is 14.1. The van der Waals surface area contributed by atoms with Gasteiger partial charge in [0, 0.05) is 26.7 Å². The molecule has 128 valence electrons. The molecule has 0 aromatic carbocycles. The Kier molecular flexibility index (Phi) is 14.4. The Morgan fingerprint density at radius 3 is 2.27 bits per heavy atom. The third kappa shape index (κ3) is 13.2. The molecule has 0 saturated heterocycles. The summed E-state index contributed by atoms with van der Waals surface area (Å²) in [7, 11) is 3.32. The van der Waals surface area contributed by atoms with Gasteiger partial charge in [-0.3, -0.25) is 0 Å². The number of amides is 2. The maximum atomic E-state index is 12.7. The van der Waals surface area contributed by atoms with Crippen molar-refractivity contribution in [2.45, 2.75) is 20.8 Å². The molecule has 0 spiro atoms. The first-order valence-corrected chi connectivity index (χ1v) is 7.22. The van der Waals surface area contributed by atoms with Crippen molar-refractivity contribution in [3.63, 3.8) is 0 Å². The molecule has 0 heterocycles. The zero-order valence-corrected chi connectivity index (χ0v) is 14.4. The van der Waals surface area contributed by atoms with Crippen molar-refractivity contribution in [1.82, 2.24) is 10.2 Å². The summed E-state index contributed by atoms with van der Waals surface area (Å²) < 4.78 is 23.2. The van der Waals surface area contributed by atoms with E-state index in [1.54, 1.807) is 21.0 Å². The zero-order chi connectivity index (χ0) is 17.5. The van der Waals surface area contributed by atoms with Crippen LogP contribution in [0.3, 0.4) is 0 Å². The van der Waals surface area contributed by atoms with Gasteiger partial charge in [0.2, 0.25) is 0 Å². The van der Waals surface area contributed by atoms with Gasteiger partial charge in [0.1, 0.15) is 18.2 Å². The van der Waals surface area contributed by atoms with Crippen LogP contribution in [0.2, 0.25) is 0 Å². The van der Waals surface area contributed by atoms with Gasteiger partial charge in [-0.2, -0.15) is 0 Å². The average Bonchev–Trinajstić information content (AvgIpc) is 2.46. The highest BCUT2D eigenvalue weighted by Gasteiger charge is 2.02. The Morgan fingerprint density at radius 2 is 1.82 bits per heavy atom. The quantitative estimate of drug-likeness (QED) is 0.403. The molecule has 6 heteroatoms.